The average molecular weight is 266 g/mol. The Morgan fingerprint density at radius 3 is 2.85 bits per heavy atom. The van der Waals surface area contributed by atoms with Gasteiger partial charge in [0.15, 0.2) is 0 Å². The zero-order valence-corrected chi connectivity index (χ0v) is 11.1. The predicted octanol–water partition coefficient (Wildman–Crippen LogP) is 2.50. The van der Waals surface area contributed by atoms with E-state index in [9.17, 15) is 9.90 Å². The minimum absolute atomic E-state index is 0.0427. The molecule has 0 aromatic heterocycles. The van der Waals surface area contributed by atoms with Crippen molar-refractivity contribution in [2.75, 3.05) is 0 Å². The fourth-order valence-corrected chi connectivity index (χ4v) is 1.86. The van der Waals surface area contributed by atoms with Crippen molar-refractivity contribution in [2.24, 2.45) is 0 Å². The smallest absolute Gasteiger partial charge is 0.255 e. The van der Waals surface area contributed by atoms with E-state index in [2.05, 4.69) is 11.4 Å². The normalized spacial score (nSPS) is 9.80. The lowest BCUT2D eigenvalue weighted by atomic mass is 10.1. The van der Waals surface area contributed by atoms with Crippen LogP contribution in [0.2, 0.25) is 0 Å². The van der Waals surface area contributed by atoms with Crippen LogP contribution in [0.5, 0.6) is 5.75 Å². The summed E-state index contributed by atoms with van der Waals surface area (Å²) in [5.74, 6) is -0.382. The molecule has 1 amide bonds. The Morgan fingerprint density at radius 1 is 1.30 bits per heavy atom. The number of aryl methyl sites for hydroxylation is 1. The third-order valence-corrected chi connectivity index (χ3v) is 2.91. The maximum Gasteiger partial charge on any atom is 0.255 e. The lowest BCUT2D eigenvalue weighted by Crippen LogP contribution is -2.23. The van der Waals surface area contributed by atoms with Crippen molar-refractivity contribution in [3.8, 4) is 11.8 Å². The molecule has 4 nitrogen and oxygen atoms in total. The number of nitrogens with one attached hydrogen (secondary N) is 1. The van der Waals surface area contributed by atoms with Crippen molar-refractivity contribution in [1.29, 1.82) is 5.26 Å². The lowest BCUT2D eigenvalue weighted by molar-refractivity contribution is 0.0948. The Morgan fingerprint density at radius 2 is 2.10 bits per heavy atom. The number of benzene rings is 2. The molecule has 0 aliphatic carbocycles. The van der Waals surface area contributed by atoms with E-state index in [0.717, 1.165) is 11.1 Å². The van der Waals surface area contributed by atoms with Gasteiger partial charge in [0.2, 0.25) is 0 Å². The molecule has 4 heteroatoms. The number of rotatable bonds is 3. The van der Waals surface area contributed by atoms with Gasteiger partial charge in [-0.25, -0.2) is 0 Å². The molecule has 0 heterocycles. The highest BCUT2D eigenvalue weighted by Gasteiger charge is 2.10. The molecule has 0 spiro atoms. The second-order valence-electron chi connectivity index (χ2n) is 4.52. The highest BCUT2D eigenvalue weighted by Crippen LogP contribution is 2.18. The molecule has 100 valence electrons. The van der Waals surface area contributed by atoms with E-state index in [1.807, 2.05) is 13.0 Å². The summed E-state index contributed by atoms with van der Waals surface area (Å²) in [6.07, 6.45) is 0. The van der Waals surface area contributed by atoms with Gasteiger partial charge in [0.25, 0.3) is 5.91 Å². The summed E-state index contributed by atoms with van der Waals surface area (Å²) < 4.78 is 0. The van der Waals surface area contributed by atoms with E-state index < -0.39 is 0 Å². The zero-order chi connectivity index (χ0) is 14.5. The highest BCUT2D eigenvalue weighted by atomic mass is 16.3. The first-order chi connectivity index (χ1) is 9.60. The van der Waals surface area contributed by atoms with Crippen LogP contribution < -0.4 is 5.32 Å². The van der Waals surface area contributed by atoms with Gasteiger partial charge in [-0.2, -0.15) is 5.26 Å². The van der Waals surface area contributed by atoms with Gasteiger partial charge in [-0.15, -0.1) is 0 Å². The van der Waals surface area contributed by atoms with Gasteiger partial charge in [0.1, 0.15) is 5.75 Å². The van der Waals surface area contributed by atoms with E-state index in [1.165, 1.54) is 6.07 Å². The van der Waals surface area contributed by atoms with Crippen LogP contribution >= 0.6 is 0 Å². The molecular formula is C16H14N2O2. The molecule has 0 aliphatic rings. The summed E-state index contributed by atoms with van der Waals surface area (Å²) in [4.78, 5) is 12.0. The molecule has 0 unspecified atom stereocenters. The van der Waals surface area contributed by atoms with Crippen LogP contribution in [0.1, 0.15) is 27.0 Å². The number of hydrogen-bond donors (Lipinski definition) is 2. The number of aromatic hydroxyl groups is 1. The van der Waals surface area contributed by atoms with E-state index in [0.29, 0.717) is 12.1 Å². The first-order valence-corrected chi connectivity index (χ1v) is 6.17. The zero-order valence-electron chi connectivity index (χ0n) is 11.1. The molecule has 0 atom stereocenters. The van der Waals surface area contributed by atoms with Crippen LogP contribution in [0.25, 0.3) is 0 Å². The molecule has 2 aromatic rings. The fraction of sp³-hybridized carbons (Fsp3) is 0.125. The molecule has 0 aliphatic heterocycles. The molecule has 2 rings (SSSR count). The molecule has 2 N–H and O–H groups in total. The summed E-state index contributed by atoms with van der Waals surface area (Å²) >= 11 is 0. The minimum Gasteiger partial charge on any atom is -0.507 e. The molecular weight excluding hydrogens is 252 g/mol. The molecule has 0 fully saturated rings. The SMILES string of the molecule is Cc1ccc(O)c(C(=O)NCc2cccc(C#N)c2)c1. The maximum atomic E-state index is 12.0. The van der Waals surface area contributed by atoms with Gasteiger partial charge < -0.3 is 10.4 Å². The van der Waals surface area contributed by atoms with Gasteiger partial charge in [-0.3, -0.25) is 4.79 Å². The Kier molecular flexibility index (Phi) is 4.02. The molecule has 2 aromatic carbocycles. The van der Waals surface area contributed by atoms with E-state index in [4.69, 9.17) is 5.26 Å². The van der Waals surface area contributed by atoms with E-state index in [-0.39, 0.29) is 17.2 Å². The quantitative estimate of drug-likeness (QED) is 0.896. The number of carbonyl (C=O) groups excluding carboxylic acids is 1. The van der Waals surface area contributed by atoms with Crippen LogP contribution in [0, 0.1) is 18.3 Å². The standard InChI is InChI=1S/C16H14N2O2/c1-11-5-6-15(19)14(7-11)16(20)18-10-13-4-2-3-12(8-13)9-17/h2-8,19H,10H2,1H3,(H,18,20). The van der Waals surface area contributed by atoms with Gasteiger partial charge in [-0.1, -0.05) is 23.8 Å². The molecule has 20 heavy (non-hydrogen) atoms. The van der Waals surface area contributed by atoms with Crippen LogP contribution in [-0.2, 0) is 6.54 Å². The highest BCUT2D eigenvalue weighted by molar-refractivity contribution is 5.96. The van der Waals surface area contributed by atoms with E-state index >= 15 is 0 Å². The Labute approximate surface area is 117 Å². The fourth-order valence-electron chi connectivity index (χ4n) is 1.86. The Balaban J connectivity index is 2.09. The molecule has 0 bridgehead atoms. The Bertz CT molecular complexity index is 687. The number of nitriles is 1. The second kappa shape index (κ2) is 5.89. The Hall–Kier alpha value is -2.80. The minimum atomic E-state index is -0.339. The van der Waals surface area contributed by atoms with Crippen LogP contribution in [0.3, 0.4) is 0 Å². The van der Waals surface area contributed by atoms with Crippen molar-refractivity contribution in [3.05, 3.63) is 64.7 Å². The molecule has 0 radical (unpaired) electrons. The molecule has 0 saturated heterocycles. The third kappa shape index (κ3) is 3.15. The van der Waals surface area contributed by atoms with Crippen molar-refractivity contribution >= 4 is 5.91 Å². The van der Waals surface area contributed by atoms with Gasteiger partial charge >= 0.3 is 0 Å². The van der Waals surface area contributed by atoms with Gasteiger partial charge in [0.05, 0.1) is 17.2 Å². The first kappa shape index (κ1) is 13.6. The predicted molar refractivity (Wildman–Crippen MR) is 75.2 cm³/mol. The summed E-state index contributed by atoms with van der Waals surface area (Å²) in [6, 6.07) is 13.9. The second-order valence-corrected chi connectivity index (χ2v) is 4.52. The third-order valence-electron chi connectivity index (χ3n) is 2.91. The average Bonchev–Trinajstić information content (AvgIpc) is 2.47. The topological polar surface area (TPSA) is 73.1 Å². The van der Waals surface area contributed by atoms with E-state index in [1.54, 1.807) is 30.3 Å². The molecule has 0 saturated carbocycles. The summed E-state index contributed by atoms with van der Waals surface area (Å²) in [7, 11) is 0. The summed E-state index contributed by atoms with van der Waals surface area (Å²) in [5.41, 5.74) is 2.54. The monoisotopic (exact) mass is 266 g/mol. The number of phenolic OH excluding ortho intramolecular Hbond substituents is 1. The van der Waals surface area contributed by atoms with Crippen LogP contribution in [0.4, 0.5) is 0 Å². The number of hydrogen-bond acceptors (Lipinski definition) is 3. The van der Waals surface area contributed by atoms with Crippen molar-refractivity contribution in [2.45, 2.75) is 13.5 Å². The summed E-state index contributed by atoms with van der Waals surface area (Å²) in [6.45, 7) is 2.16. The maximum absolute atomic E-state index is 12.0. The van der Waals surface area contributed by atoms with Crippen LogP contribution in [0.15, 0.2) is 42.5 Å². The number of amides is 1. The van der Waals surface area contributed by atoms with Gasteiger partial charge in [0, 0.05) is 6.54 Å². The largest absolute Gasteiger partial charge is 0.507 e. The lowest BCUT2D eigenvalue weighted by Gasteiger charge is -2.08. The van der Waals surface area contributed by atoms with Crippen molar-refractivity contribution in [1.82, 2.24) is 5.32 Å². The first-order valence-electron chi connectivity index (χ1n) is 6.17. The van der Waals surface area contributed by atoms with Crippen molar-refractivity contribution < 1.29 is 9.90 Å². The van der Waals surface area contributed by atoms with Gasteiger partial charge in [-0.05, 0) is 36.8 Å². The van der Waals surface area contributed by atoms with Crippen LogP contribution in [-0.4, -0.2) is 11.0 Å². The summed E-state index contributed by atoms with van der Waals surface area (Å²) in [5, 5.41) is 21.2. The number of phenols is 1. The number of nitrogens with zero attached hydrogens (tertiary/aromatic N) is 1. The van der Waals surface area contributed by atoms with Crippen molar-refractivity contribution in [3.63, 3.8) is 0 Å². The number of carbonyl (C=O) groups is 1.